The van der Waals surface area contributed by atoms with Gasteiger partial charge in [0.05, 0.1) is 10.6 Å². The van der Waals surface area contributed by atoms with Crippen LogP contribution in [0.4, 0.5) is 5.00 Å². The molecule has 0 aliphatic heterocycles. The number of hydrogen-bond donors (Lipinski definition) is 0. The zero-order valence-electron chi connectivity index (χ0n) is 8.11. The minimum absolute atomic E-state index is 0.0423. The van der Waals surface area contributed by atoms with Crippen molar-refractivity contribution in [2.45, 2.75) is 0 Å². The van der Waals surface area contributed by atoms with E-state index < -0.39 is 4.92 Å². The smallest absolute Gasteiger partial charge is 0.257 e. The average Bonchev–Trinajstić information content (AvgIpc) is 2.76. The van der Waals surface area contributed by atoms with Crippen LogP contribution in [0.2, 0.25) is 0 Å². The molecule has 0 aliphatic carbocycles. The molecule has 2 aromatic rings. The summed E-state index contributed by atoms with van der Waals surface area (Å²) < 4.78 is 0. The fourth-order valence-electron chi connectivity index (χ4n) is 1.07. The second-order valence-corrected chi connectivity index (χ2v) is 3.92. The molecule has 0 amide bonds. The Hall–Kier alpha value is -2.08. The van der Waals surface area contributed by atoms with E-state index in [1.807, 2.05) is 18.2 Å². The summed E-state index contributed by atoms with van der Waals surface area (Å²) in [5.41, 5.74) is 0.792. The van der Waals surface area contributed by atoms with E-state index >= 15 is 0 Å². The Balaban J connectivity index is 2.15. The van der Waals surface area contributed by atoms with Crippen LogP contribution in [0.1, 0.15) is 10.7 Å². The molecule has 0 atom stereocenters. The second kappa shape index (κ2) is 4.63. The van der Waals surface area contributed by atoms with E-state index in [1.165, 1.54) is 6.20 Å². The van der Waals surface area contributed by atoms with E-state index in [0.29, 0.717) is 5.01 Å². The van der Waals surface area contributed by atoms with Crippen LogP contribution in [0.15, 0.2) is 30.6 Å². The summed E-state index contributed by atoms with van der Waals surface area (Å²) in [6, 6.07) is 5.54. The molecule has 2 aromatic heterocycles. The lowest BCUT2D eigenvalue weighted by Gasteiger charge is -1.88. The summed E-state index contributed by atoms with van der Waals surface area (Å²) in [5.74, 6) is 0. The van der Waals surface area contributed by atoms with Crippen LogP contribution in [0.3, 0.4) is 0 Å². The van der Waals surface area contributed by atoms with E-state index in [1.54, 1.807) is 18.3 Å². The number of hydrogen-bond acceptors (Lipinski definition) is 5. The molecule has 0 N–H and O–H groups in total. The predicted molar refractivity (Wildman–Crippen MR) is 61.9 cm³/mol. The Bertz CT molecular complexity index is 522. The average molecular weight is 233 g/mol. The van der Waals surface area contributed by atoms with Gasteiger partial charge in [-0.2, -0.15) is 0 Å². The fraction of sp³-hybridized carbons (Fsp3) is 0. The highest BCUT2D eigenvalue weighted by molar-refractivity contribution is 7.15. The fourth-order valence-corrected chi connectivity index (χ4v) is 1.71. The van der Waals surface area contributed by atoms with Crippen molar-refractivity contribution in [2.75, 3.05) is 0 Å². The Kier molecular flexibility index (Phi) is 3.02. The SMILES string of the molecule is O=[N+]([O-])c1cnc(/C=C\c2ccccn2)s1. The van der Waals surface area contributed by atoms with Gasteiger partial charge >= 0.3 is 5.00 Å². The molecular formula is C10H7N3O2S. The van der Waals surface area contributed by atoms with Crippen molar-refractivity contribution in [3.63, 3.8) is 0 Å². The van der Waals surface area contributed by atoms with Gasteiger partial charge in [0.2, 0.25) is 0 Å². The number of aromatic nitrogens is 2. The van der Waals surface area contributed by atoms with Gasteiger partial charge < -0.3 is 0 Å². The van der Waals surface area contributed by atoms with Crippen LogP contribution < -0.4 is 0 Å². The Labute approximate surface area is 95.3 Å². The van der Waals surface area contributed by atoms with Crippen LogP contribution in [0, 0.1) is 10.1 Å². The molecule has 0 aromatic carbocycles. The number of nitro groups is 1. The largest absolute Gasteiger partial charge is 0.344 e. The van der Waals surface area contributed by atoms with E-state index in [2.05, 4.69) is 9.97 Å². The number of nitrogens with zero attached hydrogens (tertiary/aromatic N) is 3. The van der Waals surface area contributed by atoms with Gasteiger partial charge in [-0.3, -0.25) is 15.1 Å². The minimum Gasteiger partial charge on any atom is -0.257 e. The third kappa shape index (κ3) is 2.48. The van der Waals surface area contributed by atoms with Crippen LogP contribution in [-0.4, -0.2) is 14.9 Å². The third-order valence-corrected chi connectivity index (χ3v) is 2.69. The Morgan fingerprint density at radius 1 is 1.31 bits per heavy atom. The van der Waals surface area contributed by atoms with Crippen molar-refractivity contribution < 1.29 is 4.92 Å². The van der Waals surface area contributed by atoms with Crippen molar-refractivity contribution >= 4 is 28.5 Å². The zero-order valence-corrected chi connectivity index (χ0v) is 8.92. The van der Waals surface area contributed by atoms with Crippen LogP contribution in [0.25, 0.3) is 12.2 Å². The molecular weight excluding hydrogens is 226 g/mol. The summed E-state index contributed by atoms with van der Waals surface area (Å²) in [7, 11) is 0. The molecule has 5 nitrogen and oxygen atoms in total. The lowest BCUT2D eigenvalue weighted by atomic mass is 10.3. The first-order chi connectivity index (χ1) is 7.75. The monoisotopic (exact) mass is 233 g/mol. The maximum atomic E-state index is 10.4. The highest BCUT2D eigenvalue weighted by Crippen LogP contribution is 2.22. The summed E-state index contributed by atoms with van der Waals surface area (Å²) in [5, 5.41) is 11.1. The summed E-state index contributed by atoms with van der Waals surface area (Å²) in [4.78, 5) is 18.0. The second-order valence-electron chi connectivity index (χ2n) is 2.88. The molecule has 0 fully saturated rings. The predicted octanol–water partition coefficient (Wildman–Crippen LogP) is 2.62. The van der Waals surface area contributed by atoms with Crippen molar-refractivity contribution in [1.82, 2.24) is 9.97 Å². The van der Waals surface area contributed by atoms with Crippen molar-refractivity contribution in [3.05, 3.63) is 51.4 Å². The molecule has 6 heteroatoms. The number of pyridine rings is 1. The van der Waals surface area contributed by atoms with Crippen molar-refractivity contribution in [3.8, 4) is 0 Å². The first-order valence-corrected chi connectivity index (χ1v) is 5.27. The maximum absolute atomic E-state index is 10.4. The van der Waals surface area contributed by atoms with Gasteiger partial charge in [-0.05, 0) is 35.6 Å². The van der Waals surface area contributed by atoms with Crippen LogP contribution in [0.5, 0.6) is 0 Å². The van der Waals surface area contributed by atoms with E-state index in [4.69, 9.17) is 0 Å². The Morgan fingerprint density at radius 2 is 2.19 bits per heavy atom. The molecule has 0 unspecified atom stereocenters. The quantitative estimate of drug-likeness (QED) is 0.603. The molecule has 0 aliphatic rings. The normalized spacial score (nSPS) is 10.8. The van der Waals surface area contributed by atoms with Crippen LogP contribution >= 0.6 is 11.3 Å². The third-order valence-electron chi connectivity index (χ3n) is 1.78. The standard InChI is InChI=1S/C10H7N3O2S/c14-13(15)10-7-12-9(16-10)5-4-8-3-1-2-6-11-8/h1-7H/b5-4-. The van der Waals surface area contributed by atoms with Gasteiger partial charge in [0.25, 0.3) is 0 Å². The summed E-state index contributed by atoms with van der Waals surface area (Å²) in [6.07, 6.45) is 6.41. The molecule has 2 rings (SSSR count). The molecule has 0 spiro atoms. The minimum atomic E-state index is -0.449. The molecule has 16 heavy (non-hydrogen) atoms. The molecule has 2 heterocycles. The van der Waals surface area contributed by atoms with Gasteiger partial charge in [-0.15, -0.1) is 0 Å². The molecule has 80 valence electrons. The first kappa shape index (κ1) is 10.4. The van der Waals surface area contributed by atoms with Crippen molar-refractivity contribution in [2.24, 2.45) is 0 Å². The summed E-state index contributed by atoms with van der Waals surface area (Å²) >= 11 is 1.04. The van der Waals surface area contributed by atoms with Gasteiger partial charge in [-0.25, -0.2) is 4.98 Å². The highest BCUT2D eigenvalue weighted by atomic mass is 32.1. The molecule has 0 bridgehead atoms. The maximum Gasteiger partial charge on any atom is 0.344 e. The van der Waals surface area contributed by atoms with Crippen LogP contribution in [-0.2, 0) is 0 Å². The van der Waals surface area contributed by atoms with Gasteiger partial charge in [0.1, 0.15) is 11.2 Å². The Morgan fingerprint density at radius 3 is 2.81 bits per heavy atom. The number of thiazole rings is 1. The first-order valence-electron chi connectivity index (χ1n) is 4.45. The van der Waals surface area contributed by atoms with Gasteiger partial charge in [-0.1, -0.05) is 6.07 Å². The lowest BCUT2D eigenvalue weighted by Crippen LogP contribution is -1.80. The molecule has 0 saturated carbocycles. The van der Waals surface area contributed by atoms with Crippen molar-refractivity contribution in [1.29, 1.82) is 0 Å². The van der Waals surface area contributed by atoms with E-state index in [9.17, 15) is 10.1 Å². The van der Waals surface area contributed by atoms with E-state index in [-0.39, 0.29) is 5.00 Å². The van der Waals surface area contributed by atoms with Gasteiger partial charge in [0, 0.05) is 6.20 Å². The highest BCUT2D eigenvalue weighted by Gasteiger charge is 2.08. The topological polar surface area (TPSA) is 68.9 Å². The van der Waals surface area contributed by atoms with E-state index in [0.717, 1.165) is 17.0 Å². The van der Waals surface area contributed by atoms with Gasteiger partial charge in [0.15, 0.2) is 0 Å². The summed E-state index contributed by atoms with van der Waals surface area (Å²) in [6.45, 7) is 0. The molecule has 0 saturated heterocycles. The lowest BCUT2D eigenvalue weighted by molar-refractivity contribution is -0.380. The molecule has 0 radical (unpaired) electrons. The number of rotatable bonds is 3. The zero-order chi connectivity index (χ0) is 11.4.